The summed E-state index contributed by atoms with van der Waals surface area (Å²) in [5, 5.41) is -2.86. The SMILES string of the molecule is O=S([O-])[C@@H](CC(F)(F)F)N1CC2(C1)OCc1cc(C3=NS[C@@](c4cc(Cl)c(F)c(Cl)c4)(C(F)(F)F)C3)ccc12. The van der Waals surface area contributed by atoms with Crippen molar-refractivity contribution in [2.45, 2.75) is 47.5 Å². The van der Waals surface area contributed by atoms with Crippen molar-refractivity contribution in [3.8, 4) is 0 Å². The second kappa shape index (κ2) is 9.85. The first-order chi connectivity index (χ1) is 18.1. The van der Waals surface area contributed by atoms with Crippen LogP contribution < -0.4 is 0 Å². The van der Waals surface area contributed by atoms with E-state index >= 15 is 0 Å². The van der Waals surface area contributed by atoms with Gasteiger partial charge in [0.1, 0.15) is 5.60 Å². The third-order valence-electron chi connectivity index (χ3n) is 7.02. The summed E-state index contributed by atoms with van der Waals surface area (Å²) in [6, 6.07) is 6.50. The molecular weight excluding hydrogens is 620 g/mol. The number of nitrogens with zero attached hydrogens (tertiary/aromatic N) is 2. The molecule has 3 aliphatic rings. The molecule has 212 valence electrons. The van der Waals surface area contributed by atoms with E-state index in [4.69, 9.17) is 27.9 Å². The van der Waals surface area contributed by atoms with E-state index in [9.17, 15) is 39.5 Å². The zero-order chi connectivity index (χ0) is 28.5. The highest BCUT2D eigenvalue weighted by atomic mass is 35.5. The van der Waals surface area contributed by atoms with Gasteiger partial charge in [-0.2, -0.15) is 26.3 Å². The van der Waals surface area contributed by atoms with Crippen LogP contribution in [0.2, 0.25) is 10.0 Å². The molecule has 1 spiro atoms. The largest absolute Gasteiger partial charge is 0.771 e. The molecule has 3 heterocycles. The minimum absolute atomic E-state index is 0.0371. The number of hydrogen-bond acceptors (Lipinski definition) is 6. The number of rotatable bonds is 5. The zero-order valence-corrected chi connectivity index (χ0v) is 22.5. The van der Waals surface area contributed by atoms with Gasteiger partial charge in [0.25, 0.3) is 0 Å². The molecule has 0 N–H and O–H groups in total. The smallest absolute Gasteiger partial charge is 0.409 e. The molecule has 39 heavy (non-hydrogen) atoms. The summed E-state index contributed by atoms with van der Waals surface area (Å²) in [5.74, 6) is -1.03. The predicted octanol–water partition coefficient (Wildman–Crippen LogP) is 6.63. The van der Waals surface area contributed by atoms with Gasteiger partial charge in [0.2, 0.25) is 0 Å². The lowest BCUT2D eigenvalue weighted by atomic mass is 9.83. The molecule has 1 unspecified atom stereocenters. The molecular formula is C23H16Cl2F7N2O3S2-. The summed E-state index contributed by atoms with van der Waals surface area (Å²) < 4.78 is 126. The first kappa shape index (κ1) is 29.1. The van der Waals surface area contributed by atoms with Gasteiger partial charge in [0, 0.05) is 19.5 Å². The molecule has 0 radical (unpaired) electrons. The Hall–Kier alpha value is -1.42. The zero-order valence-electron chi connectivity index (χ0n) is 19.3. The van der Waals surface area contributed by atoms with Crippen molar-refractivity contribution in [1.29, 1.82) is 0 Å². The van der Waals surface area contributed by atoms with Gasteiger partial charge in [0.15, 0.2) is 10.6 Å². The Morgan fingerprint density at radius 3 is 2.33 bits per heavy atom. The minimum atomic E-state index is -4.80. The monoisotopic (exact) mass is 635 g/mol. The fourth-order valence-electron chi connectivity index (χ4n) is 5.07. The molecule has 0 bridgehead atoms. The summed E-state index contributed by atoms with van der Waals surface area (Å²) in [6.45, 7) is -0.141. The molecule has 3 atom stereocenters. The van der Waals surface area contributed by atoms with Crippen LogP contribution in [-0.4, -0.2) is 50.2 Å². The second-order valence-electron chi connectivity index (χ2n) is 9.48. The van der Waals surface area contributed by atoms with E-state index in [2.05, 4.69) is 4.40 Å². The van der Waals surface area contributed by atoms with E-state index in [-0.39, 0.29) is 42.9 Å². The molecule has 5 nitrogen and oxygen atoms in total. The van der Waals surface area contributed by atoms with Gasteiger partial charge in [-0.3, -0.25) is 9.11 Å². The molecule has 0 aliphatic carbocycles. The Labute approximate surface area is 234 Å². The molecule has 3 aliphatic heterocycles. The highest BCUT2D eigenvalue weighted by Crippen LogP contribution is 2.57. The van der Waals surface area contributed by atoms with Crippen molar-refractivity contribution < 1.29 is 44.2 Å². The summed E-state index contributed by atoms with van der Waals surface area (Å²) in [6.07, 6.45) is -11.6. The fourth-order valence-corrected chi connectivity index (χ4v) is 7.24. The van der Waals surface area contributed by atoms with Gasteiger partial charge < -0.3 is 9.29 Å². The van der Waals surface area contributed by atoms with Crippen LogP contribution in [0.4, 0.5) is 30.7 Å². The van der Waals surface area contributed by atoms with Crippen LogP contribution in [0, 0.1) is 5.82 Å². The highest BCUT2D eigenvalue weighted by molar-refractivity contribution is 7.99. The topological polar surface area (TPSA) is 65.0 Å². The van der Waals surface area contributed by atoms with Crippen molar-refractivity contribution >= 4 is 51.9 Å². The van der Waals surface area contributed by atoms with Crippen molar-refractivity contribution in [3.63, 3.8) is 0 Å². The van der Waals surface area contributed by atoms with E-state index in [1.807, 2.05) is 0 Å². The second-order valence-corrected chi connectivity index (χ2v) is 12.4. The van der Waals surface area contributed by atoms with E-state index in [1.165, 1.54) is 6.07 Å². The lowest BCUT2D eigenvalue weighted by Gasteiger charge is -2.51. The van der Waals surface area contributed by atoms with E-state index in [0.717, 1.165) is 17.0 Å². The summed E-state index contributed by atoms with van der Waals surface area (Å²) in [5.41, 5.74) is 0.347. The van der Waals surface area contributed by atoms with Crippen molar-refractivity contribution in [2.24, 2.45) is 4.40 Å². The third-order valence-corrected chi connectivity index (χ3v) is 9.72. The normalized spacial score (nSPS) is 24.4. The van der Waals surface area contributed by atoms with Crippen LogP contribution in [-0.2, 0) is 32.8 Å². The molecule has 2 aromatic carbocycles. The van der Waals surface area contributed by atoms with Gasteiger partial charge in [0.05, 0.1) is 34.2 Å². The Bertz CT molecular complexity index is 1360. The average Bonchev–Trinajstić information content (AvgIpc) is 3.42. The first-order valence-corrected chi connectivity index (χ1v) is 13.9. The maximum absolute atomic E-state index is 14.4. The van der Waals surface area contributed by atoms with Crippen LogP contribution in [0.1, 0.15) is 35.1 Å². The highest BCUT2D eigenvalue weighted by Gasteiger charge is 2.60. The molecule has 5 rings (SSSR count). The Morgan fingerprint density at radius 1 is 1.13 bits per heavy atom. The lowest BCUT2D eigenvalue weighted by molar-refractivity contribution is -0.175. The van der Waals surface area contributed by atoms with Crippen molar-refractivity contribution in [1.82, 2.24) is 4.90 Å². The van der Waals surface area contributed by atoms with Gasteiger partial charge in [-0.1, -0.05) is 35.3 Å². The molecule has 1 fully saturated rings. The summed E-state index contributed by atoms with van der Waals surface area (Å²) in [4.78, 5) is 1.16. The van der Waals surface area contributed by atoms with Crippen LogP contribution in [0.5, 0.6) is 0 Å². The number of fused-ring (bicyclic) bond motifs is 2. The van der Waals surface area contributed by atoms with Gasteiger partial charge in [-0.25, -0.2) is 8.79 Å². The molecule has 16 heteroatoms. The van der Waals surface area contributed by atoms with Gasteiger partial charge in [-0.15, -0.1) is 0 Å². The van der Waals surface area contributed by atoms with Crippen LogP contribution >= 0.6 is 35.1 Å². The molecule has 2 aromatic rings. The molecule has 0 aromatic heterocycles. The lowest BCUT2D eigenvalue weighted by Crippen LogP contribution is -2.63. The number of halogens is 9. The molecule has 0 amide bonds. The average molecular weight is 636 g/mol. The van der Waals surface area contributed by atoms with Gasteiger partial charge in [-0.05, 0) is 63.5 Å². The molecule has 1 saturated heterocycles. The Balaban J connectivity index is 1.38. The van der Waals surface area contributed by atoms with Crippen LogP contribution in [0.25, 0.3) is 0 Å². The van der Waals surface area contributed by atoms with E-state index < -0.39 is 67.9 Å². The number of likely N-dealkylation sites (tertiary alicyclic amines) is 1. The van der Waals surface area contributed by atoms with Crippen molar-refractivity contribution in [2.75, 3.05) is 13.1 Å². The number of hydrogen-bond donors (Lipinski definition) is 0. The maximum Gasteiger partial charge on any atom is 0.409 e. The Kier molecular flexibility index (Phi) is 7.34. The van der Waals surface area contributed by atoms with Crippen molar-refractivity contribution in [3.05, 3.63) is 68.4 Å². The predicted molar refractivity (Wildman–Crippen MR) is 131 cm³/mol. The fraction of sp³-hybridized carbons (Fsp3) is 0.435. The van der Waals surface area contributed by atoms with Crippen LogP contribution in [0.15, 0.2) is 34.7 Å². The molecule has 0 saturated carbocycles. The van der Waals surface area contributed by atoms with Crippen LogP contribution in [0.3, 0.4) is 0 Å². The third kappa shape index (κ3) is 5.10. The standard InChI is InChI=1S/C23H17Cl2F7N2O3S2/c24-15-4-13(5-16(25)19(15)26)21(23(30,31)32)6-17(33-38-21)11-1-2-14-12(3-11)8-37-20(14)9-34(10-20)18(39(35)36)7-22(27,28)29/h1-5,18H,6-10H2,(H,35,36)/p-1/t18-,21-/m0/s1. The number of benzene rings is 2. The summed E-state index contributed by atoms with van der Waals surface area (Å²) >= 11 is 8.82. The quantitative estimate of drug-likeness (QED) is 0.160. The van der Waals surface area contributed by atoms with Gasteiger partial charge >= 0.3 is 12.4 Å². The minimum Gasteiger partial charge on any atom is -0.771 e. The van der Waals surface area contributed by atoms with E-state index in [0.29, 0.717) is 16.7 Å². The van der Waals surface area contributed by atoms with E-state index in [1.54, 1.807) is 12.1 Å². The first-order valence-electron chi connectivity index (χ1n) is 11.2. The number of ether oxygens (including phenoxy) is 1. The summed E-state index contributed by atoms with van der Waals surface area (Å²) in [7, 11) is 0. The number of alkyl halides is 6. The Morgan fingerprint density at radius 2 is 1.77 bits per heavy atom. The maximum atomic E-state index is 14.4.